The number of hydrogen-bond donors (Lipinski definition) is 2. The van der Waals surface area contributed by atoms with Crippen LogP contribution < -0.4 is 5.43 Å². The Morgan fingerprint density at radius 2 is 1.95 bits per heavy atom. The average Bonchev–Trinajstić information content (AvgIpc) is 2.90. The second-order valence-corrected chi connectivity index (χ2v) is 3.29. The maximum atomic E-state index is 10.3. The van der Waals surface area contributed by atoms with Crippen LogP contribution in [0.2, 0.25) is 0 Å². The van der Waals surface area contributed by atoms with Gasteiger partial charge in [-0.15, -0.1) is 0 Å². The maximum absolute atomic E-state index is 10.3. The van der Waals surface area contributed by atoms with E-state index in [0.717, 1.165) is 0 Å². The molecule has 0 aromatic carbocycles. The maximum Gasteiger partial charge on any atom is 0.424 e. The molecule has 2 aliphatic heterocycles. The summed E-state index contributed by atoms with van der Waals surface area (Å²) in [6.07, 6.45) is 6.47. The van der Waals surface area contributed by atoms with E-state index < -0.39 is 6.09 Å². The Morgan fingerprint density at radius 1 is 1.16 bits per heavy atom. The van der Waals surface area contributed by atoms with Crippen LogP contribution in [0.15, 0.2) is 49.4 Å². The molecule has 1 amide bonds. The van der Waals surface area contributed by atoms with Crippen LogP contribution in [0.4, 0.5) is 4.79 Å². The van der Waals surface area contributed by atoms with Gasteiger partial charge in [0.15, 0.2) is 5.82 Å². The molecule has 8 nitrogen and oxygen atoms in total. The number of nitrogens with one attached hydrogen (secondary N) is 1. The predicted octanol–water partition coefficient (Wildman–Crippen LogP) is 1.08. The fourth-order valence-corrected chi connectivity index (χ4v) is 1.27. The molecule has 0 aliphatic carbocycles. The van der Waals surface area contributed by atoms with Crippen molar-refractivity contribution in [2.24, 2.45) is 0 Å². The molecular weight excluding hydrogens is 248 g/mol. The fraction of sp³-hybridized carbons (Fsp3) is 0. The van der Waals surface area contributed by atoms with E-state index in [1.807, 2.05) is 18.2 Å². The van der Waals surface area contributed by atoms with Crippen LogP contribution in [0.5, 0.6) is 0 Å². The van der Waals surface area contributed by atoms with Crippen molar-refractivity contribution in [1.29, 1.82) is 0 Å². The van der Waals surface area contributed by atoms with Crippen LogP contribution in [-0.2, 0) is 0 Å². The second kappa shape index (κ2) is 6.05. The quantitative estimate of drug-likeness (QED) is 0.676. The van der Waals surface area contributed by atoms with Crippen molar-refractivity contribution in [1.82, 2.24) is 24.6 Å². The molecule has 1 aromatic rings. The average molecular weight is 258 g/mol. The zero-order chi connectivity index (χ0) is 13.5. The summed E-state index contributed by atoms with van der Waals surface area (Å²) in [5.41, 5.74) is 2.64. The van der Waals surface area contributed by atoms with Crippen molar-refractivity contribution < 1.29 is 9.90 Å². The molecular formula is C11H10N6O2. The summed E-state index contributed by atoms with van der Waals surface area (Å²) in [4.78, 5) is 25.6. The molecule has 0 atom stereocenters. The monoisotopic (exact) mass is 258 g/mol. The van der Waals surface area contributed by atoms with Gasteiger partial charge in [0.1, 0.15) is 18.3 Å². The highest BCUT2D eigenvalue weighted by Gasteiger charge is 2.10. The smallest absolute Gasteiger partial charge is 0.424 e. The van der Waals surface area contributed by atoms with E-state index >= 15 is 0 Å². The summed E-state index contributed by atoms with van der Waals surface area (Å²) >= 11 is 0. The van der Waals surface area contributed by atoms with E-state index in [0.29, 0.717) is 11.5 Å². The van der Waals surface area contributed by atoms with Crippen molar-refractivity contribution >= 4 is 6.09 Å². The highest BCUT2D eigenvalue weighted by Crippen LogP contribution is 2.12. The van der Waals surface area contributed by atoms with Gasteiger partial charge in [-0.05, 0) is 12.1 Å². The number of amides is 1. The Balaban J connectivity index is 0.000000186. The lowest BCUT2D eigenvalue weighted by Gasteiger charge is -2.07. The van der Waals surface area contributed by atoms with E-state index in [1.165, 1.54) is 23.5 Å². The Hall–Kier alpha value is -3.03. The number of carboxylic acid groups (broad SMARTS) is 1. The predicted molar refractivity (Wildman–Crippen MR) is 66.1 cm³/mol. The molecule has 0 saturated carbocycles. The van der Waals surface area contributed by atoms with Crippen molar-refractivity contribution in [3.05, 3.63) is 49.4 Å². The zero-order valence-electron chi connectivity index (χ0n) is 9.71. The van der Waals surface area contributed by atoms with Crippen molar-refractivity contribution in [2.45, 2.75) is 0 Å². The molecule has 0 spiro atoms. The molecule has 0 unspecified atom stereocenters. The molecule has 0 radical (unpaired) electrons. The molecule has 96 valence electrons. The minimum Gasteiger partial charge on any atom is -0.464 e. The number of rotatable bonds is 1. The van der Waals surface area contributed by atoms with Crippen LogP contribution in [0, 0.1) is 0 Å². The summed E-state index contributed by atoms with van der Waals surface area (Å²) < 4.78 is 1.19. The first-order chi connectivity index (χ1) is 9.27. The van der Waals surface area contributed by atoms with Crippen molar-refractivity contribution in [2.75, 3.05) is 5.43 Å². The number of carbonyl (C=O) groups is 1. The Kier molecular flexibility index (Phi) is 3.96. The van der Waals surface area contributed by atoms with Gasteiger partial charge >= 0.3 is 6.09 Å². The van der Waals surface area contributed by atoms with Gasteiger partial charge in [-0.25, -0.2) is 29.8 Å². The number of fused-ring (bicyclic) bond motifs is 1. The molecule has 19 heavy (non-hydrogen) atoms. The van der Waals surface area contributed by atoms with Gasteiger partial charge in [-0.2, -0.15) is 0 Å². The Labute approximate surface area is 108 Å². The van der Waals surface area contributed by atoms with Crippen LogP contribution >= 0.6 is 0 Å². The molecule has 8 heteroatoms. The molecule has 0 bridgehead atoms. The van der Waals surface area contributed by atoms with E-state index in [1.54, 1.807) is 12.4 Å². The van der Waals surface area contributed by atoms with Crippen molar-refractivity contribution in [3.8, 4) is 11.5 Å². The molecule has 2 aliphatic rings. The number of nitrogens with zero attached hydrogens (tertiary/aromatic N) is 5. The summed E-state index contributed by atoms with van der Waals surface area (Å²) in [5.74, 6) is 0.428. The van der Waals surface area contributed by atoms with Gasteiger partial charge in [-0.3, -0.25) is 4.98 Å². The lowest BCUT2D eigenvalue weighted by atomic mass is 10.4. The lowest BCUT2D eigenvalue weighted by Crippen LogP contribution is -2.22. The topological polar surface area (TPSA) is 106 Å². The summed E-state index contributed by atoms with van der Waals surface area (Å²) in [6.45, 7) is 0. The third-order valence-corrected chi connectivity index (χ3v) is 2.00. The van der Waals surface area contributed by atoms with Crippen LogP contribution in [-0.4, -0.2) is 35.8 Å². The van der Waals surface area contributed by atoms with Gasteiger partial charge < -0.3 is 5.11 Å². The number of hydrogen-bond acceptors (Lipinski definition) is 5. The standard InChI is InChI=1S/C6H5N5O2.C5H5N/c12-6(13)10-11-3-7-1-4-5(11)9-2-8-4;1-2-4-6-5-3-1/h1-3,10H,(H,12,13);1-5H. The SMILES string of the molecule is O=C(O)Nn1cncc2ncnc1-2.c1ccncc1. The third kappa shape index (κ3) is 3.46. The Bertz CT molecular complexity index is 585. The minimum absolute atomic E-state index is 0.428. The van der Waals surface area contributed by atoms with E-state index in [9.17, 15) is 4.79 Å². The molecule has 0 fully saturated rings. The van der Waals surface area contributed by atoms with E-state index in [4.69, 9.17) is 5.11 Å². The van der Waals surface area contributed by atoms with Gasteiger partial charge in [0.2, 0.25) is 0 Å². The van der Waals surface area contributed by atoms with Crippen LogP contribution in [0.3, 0.4) is 0 Å². The highest BCUT2D eigenvalue weighted by molar-refractivity contribution is 5.74. The summed E-state index contributed by atoms with van der Waals surface area (Å²) in [7, 11) is 0. The highest BCUT2D eigenvalue weighted by atomic mass is 16.4. The van der Waals surface area contributed by atoms with E-state index in [-0.39, 0.29) is 0 Å². The number of pyridine rings is 1. The molecule has 3 rings (SSSR count). The normalized spacial score (nSPS) is 9.47. The lowest BCUT2D eigenvalue weighted by molar-refractivity contribution is 0.206. The molecule has 1 aromatic heterocycles. The first kappa shape index (κ1) is 12.4. The third-order valence-electron chi connectivity index (χ3n) is 2.00. The van der Waals surface area contributed by atoms with Crippen molar-refractivity contribution in [3.63, 3.8) is 0 Å². The summed E-state index contributed by atoms with van der Waals surface area (Å²) in [6, 6.07) is 5.72. The molecule has 3 heterocycles. The number of imidazole rings is 1. The minimum atomic E-state index is -1.18. The van der Waals surface area contributed by atoms with Gasteiger partial charge in [0.05, 0.1) is 6.20 Å². The first-order valence-electron chi connectivity index (χ1n) is 5.25. The number of aromatic nitrogens is 5. The van der Waals surface area contributed by atoms with Gasteiger partial charge in [0, 0.05) is 12.4 Å². The summed E-state index contributed by atoms with van der Waals surface area (Å²) in [5, 5.41) is 8.46. The largest absolute Gasteiger partial charge is 0.464 e. The molecule has 2 N–H and O–H groups in total. The van der Waals surface area contributed by atoms with Gasteiger partial charge in [-0.1, -0.05) is 6.07 Å². The van der Waals surface area contributed by atoms with Crippen LogP contribution in [0.1, 0.15) is 0 Å². The Morgan fingerprint density at radius 3 is 2.53 bits per heavy atom. The zero-order valence-corrected chi connectivity index (χ0v) is 9.71. The fourth-order valence-electron chi connectivity index (χ4n) is 1.27. The van der Waals surface area contributed by atoms with Gasteiger partial charge in [0.25, 0.3) is 0 Å². The molecule has 0 saturated heterocycles. The first-order valence-corrected chi connectivity index (χ1v) is 5.25. The van der Waals surface area contributed by atoms with E-state index in [2.05, 4.69) is 25.4 Å². The second-order valence-electron chi connectivity index (χ2n) is 3.29. The van der Waals surface area contributed by atoms with Crippen LogP contribution in [0.25, 0.3) is 11.5 Å².